The lowest BCUT2D eigenvalue weighted by molar-refractivity contribution is -0.125. The van der Waals surface area contributed by atoms with Gasteiger partial charge in [-0.25, -0.2) is 9.07 Å². The zero-order valence-corrected chi connectivity index (χ0v) is 15.0. The number of carbonyl (C=O) groups excluding carboxylic acids is 2. The molecule has 1 aliphatic rings. The maximum absolute atomic E-state index is 13.2. The summed E-state index contributed by atoms with van der Waals surface area (Å²) < 4.78 is 19.8. The van der Waals surface area contributed by atoms with E-state index < -0.39 is 6.04 Å². The Morgan fingerprint density at radius 2 is 1.93 bits per heavy atom. The van der Waals surface area contributed by atoms with E-state index in [-0.39, 0.29) is 24.1 Å². The second-order valence-corrected chi connectivity index (χ2v) is 6.34. The van der Waals surface area contributed by atoms with Crippen molar-refractivity contribution in [3.63, 3.8) is 0 Å². The smallest absolute Gasteiger partial charge is 0.249 e. The third-order valence-electron chi connectivity index (χ3n) is 4.54. The predicted octanol–water partition coefficient (Wildman–Crippen LogP) is 3.22. The highest BCUT2D eigenvalue weighted by atomic mass is 19.1. The first-order valence-corrected chi connectivity index (χ1v) is 8.63. The maximum atomic E-state index is 13.2. The van der Waals surface area contributed by atoms with Crippen LogP contribution in [0.2, 0.25) is 0 Å². The molecular formula is C20H17FN4O3. The number of nitrogens with one attached hydrogen (secondary N) is 2. The number of anilines is 2. The Balaban J connectivity index is 1.62. The summed E-state index contributed by atoms with van der Waals surface area (Å²) >= 11 is 0. The Kier molecular flexibility index (Phi) is 4.52. The molecule has 0 radical (unpaired) electrons. The molecule has 1 atom stereocenters. The van der Waals surface area contributed by atoms with Crippen molar-refractivity contribution >= 4 is 23.3 Å². The molecule has 142 valence electrons. The van der Waals surface area contributed by atoms with E-state index >= 15 is 0 Å². The van der Waals surface area contributed by atoms with Crippen molar-refractivity contribution in [2.24, 2.45) is 0 Å². The molecule has 2 amide bonds. The highest BCUT2D eigenvalue weighted by Crippen LogP contribution is 2.34. The second kappa shape index (κ2) is 7.15. The molecule has 1 aromatic heterocycles. The van der Waals surface area contributed by atoms with Crippen LogP contribution in [0, 0.1) is 5.82 Å². The Labute approximate surface area is 160 Å². The Morgan fingerprint density at radius 1 is 1.21 bits per heavy atom. The normalized spacial score (nSPS) is 15.5. The number of benzene rings is 2. The molecule has 0 aliphatic carbocycles. The molecule has 0 bridgehead atoms. The zero-order valence-electron chi connectivity index (χ0n) is 15.0. The standard InChI is InChI=1S/C20H17FN4O3/c1-28-15-8-6-14(7-9-15)23-20(27)17-10-18(26)24-19-16(11-22-25(17)19)12-2-4-13(21)5-3-12/h2-9,11,17H,10H2,1H3,(H,23,27)(H,24,26)/t17-/m1/s1. The SMILES string of the molecule is COc1ccc(NC(=O)[C@H]2CC(=O)Nc3c(-c4ccc(F)cc4)cnn32)cc1. The second-order valence-electron chi connectivity index (χ2n) is 6.34. The van der Waals surface area contributed by atoms with Crippen LogP contribution in [0.3, 0.4) is 0 Å². The van der Waals surface area contributed by atoms with E-state index in [9.17, 15) is 14.0 Å². The van der Waals surface area contributed by atoms with Crippen molar-refractivity contribution in [3.8, 4) is 16.9 Å². The molecule has 0 saturated carbocycles. The quantitative estimate of drug-likeness (QED) is 0.728. The van der Waals surface area contributed by atoms with Gasteiger partial charge in [0, 0.05) is 11.3 Å². The van der Waals surface area contributed by atoms with Crippen LogP contribution >= 0.6 is 0 Å². The number of methoxy groups -OCH3 is 1. The Morgan fingerprint density at radius 3 is 2.61 bits per heavy atom. The summed E-state index contributed by atoms with van der Waals surface area (Å²) in [7, 11) is 1.56. The monoisotopic (exact) mass is 380 g/mol. The van der Waals surface area contributed by atoms with Crippen LogP contribution in [0.5, 0.6) is 5.75 Å². The van der Waals surface area contributed by atoms with Gasteiger partial charge in [0.25, 0.3) is 0 Å². The summed E-state index contributed by atoms with van der Waals surface area (Å²) in [6.45, 7) is 0. The van der Waals surface area contributed by atoms with Crippen molar-refractivity contribution in [2.45, 2.75) is 12.5 Å². The summed E-state index contributed by atoms with van der Waals surface area (Å²) in [5.41, 5.74) is 1.90. The molecule has 0 fully saturated rings. The van der Waals surface area contributed by atoms with E-state index in [1.54, 1.807) is 49.7 Å². The number of hydrogen-bond acceptors (Lipinski definition) is 4. The lowest BCUT2D eigenvalue weighted by Crippen LogP contribution is -2.35. The molecule has 1 aliphatic heterocycles. The minimum absolute atomic E-state index is 0.0282. The number of amides is 2. The largest absolute Gasteiger partial charge is 0.497 e. The van der Waals surface area contributed by atoms with Gasteiger partial charge in [-0.2, -0.15) is 5.10 Å². The van der Waals surface area contributed by atoms with Crippen LogP contribution in [0.4, 0.5) is 15.9 Å². The van der Waals surface area contributed by atoms with E-state index in [0.717, 1.165) is 0 Å². The average molecular weight is 380 g/mol. The summed E-state index contributed by atoms with van der Waals surface area (Å²) in [5, 5.41) is 9.84. The molecule has 2 heterocycles. The van der Waals surface area contributed by atoms with Crippen molar-refractivity contribution in [1.82, 2.24) is 9.78 Å². The molecule has 2 aromatic carbocycles. The molecule has 4 rings (SSSR count). The number of ether oxygens (including phenoxy) is 1. The molecular weight excluding hydrogens is 363 g/mol. The van der Waals surface area contributed by atoms with Gasteiger partial charge >= 0.3 is 0 Å². The van der Waals surface area contributed by atoms with Crippen LogP contribution in [-0.2, 0) is 9.59 Å². The van der Waals surface area contributed by atoms with Gasteiger partial charge < -0.3 is 15.4 Å². The van der Waals surface area contributed by atoms with Crippen LogP contribution in [0.1, 0.15) is 12.5 Å². The highest BCUT2D eigenvalue weighted by molar-refractivity contribution is 6.03. The van der Waals surface area contributed by atoms with E-state index in [1.807, 2.05) is 0 Å². The molecule has 3 aromatic rings. The number of hydrogen-bond donors (Lipinski definition) is 2. The number of halogens is 1. The van der Waals surface area contributed by atoms with Gasteiger partial charge in [-0.3, -0.25) is 9.59 Å². The fourth-order valence-corrected chi connectivity index (χ4v) is 3.11. The predicted molar refractivity (Wildman–Crippen MR) is 102 cm³/mol. The zero-order chi connectivity index (χ0) is 19.7. The summed E-state index contributed by atoms with van der Waals surface area (Å²) in [6, 6.07) is 12.0. The number of aromatic nitrogens is 2. The highest BCUT2D eigenvalue weighted by Gasteiger charge is 2.33. The van der Waals surface area contributed by atoms with Gasteiger partial charge in [-0.1, -0.05) is 12.1 Å². The van der Waals surface area contributed by atoms with Gasteiger partial charge in [0.1, 0.15) is 23.4 Å². The first-order valence-electron chi connectivity index (χ1n) is 8.63. The van der Waals surface area contributed by atoms with Gasteiger partial charge in [-0.15, -0.1) is 0 Å². The van der Waals surface area contributed by atoms with Crippen LogP contribution in [0.15, 0.2) is 54.7 Å². The topological polar surface area (TPSA) is 85.2 Å². The molecule has 28 heavy (non-hydrogen) atoms. The van der Waals surface area contributed by atoms with Crippen molar-refractivity contribution < 1.29 is 18.7 Å². The van der Waals surface area contributed by atoms with Crippen LogP contribution < -0.4 is 15.4 Å². The Hall–Kier alpha value is -3.68. The lowest BCUT2D eigenvalue weighted by atomic mass is 10.1. The molecule has 7 nitrogen and oxygen atoms in total. The van der Waals surface area contributed by atoms with Crippen molar-refractivity contribution in [1.29, 1.82) is 0 Å². The first kappa shape index (κ1) is 17.7. The summed E-state index contributed by atoms with van der Waals surface area (Å²) in [5.74, 6) is 0.0953. The van der Waals surface area contributed by atoms with E-state index in [2.05, 4.69) is 15.7 Å². The third kappa shape index (κ3) is 3.32. The van der Waals surface area contributed by atoms with Crippen LogP contribution in [-0.4, -0.2) is 28.7 Å². The number of fused-ring (bicyclic) bond motifs is 1. The fraction of sp³-hybridized carbons (Fsp3) is 0.150. The fourth-order valence-electron chi connectivity index (χ4n) is 3.11. The number of rotatable bonds is 4. The van der Waals surface area contributed by atoms with E-state index in [1.165, 1.54) is 16.8 Å². The molecule has 0 spiro atoms. The minimum atomic E-state index is -0.792. The molecule has 8 heteroatoms. The summed E-state index contributed by atoms with van der Waals surface area (Å²) in [6.07, 6.45) is 1.53. The first-order chi connectivity index (χ1) is 13.5. The van der Waals surface area contributed by atoms with Crippen molar-refractivity contribution in [2.75, 3.05) is 17.7 Å². The average Bonchev–Trinajstić information content (AvgIpc) is 3.12. The number of nitrogens with zero attached hydrogens (tertiary/aromatic N) is 2. The third-order valence-corrected chi connectivity index (χ3v) is 4.54. The minimum Gasteiger partial charge on any atom is -0.497 e. The van der Waals surface area contributed by atoms with Crippen molar-refractivity contribution in [3.05, 3.63) is 60.5 Å². The van der Waals surface area contributed by atoms with Gasteiger partial charge in [-0.05, 0) is 42.0 Å². The number of carbonyl (C=O) groups is 2. The van der Waals surface area contributed by atoms with Crippen LogP contribution in [0.25, 0.3) is 11.1 Å². The molecule has 2 N–H and O–H groups in total. The van der Waals surface area contributed by atoms with E-state index in [4.69, 9.17) is 4.74 Å². The lowest BCUT2D eigenvalue weighted by Gasteiger charge is -2.24. The van der Waals surface area contributed by atoms with Gasteiger partial charge in [0.15, 0.2) is 0 Å². The van der Waals surface area contributed by atoms with E-state index in [0.29, 0.717) is 28.4 Å². The van der Waals surface area contributed by atoms with Gasteiger partial charge in [0.2, 0.25) is 11.8 Å². The van der Waals surface area contributed by atoms with Gasteiger partial charge in [0.05, 0.1) is 19.7 Å². The summed E-state index contributed by atoms with van der Waals surface area (Å²) in [4.78, 5) is 25.0. The molecule has 0 unspecified atom stereocenters. The Bertz CT molecular complexity index is 1030. The molecule has 0 saturated heterocycles. The maximum Gasteiger partial charge on any atom is 0.249 e.